The molecule has 1 saturated heterocycles. The van der Waals surface area contributed by atoms with Gasteiger partial charge >= 0.3 is 0 Å². The number of nitrogens with one attached hydrogen (secondary N) is 2. The summed E-state index contributed by atoms with van der Waals surface area (Å²) in [6.07, 6.45) is 1.95. The van der Waals surface area contributed by atoms with Gasteiger partial charge in [-0.05, 0) is 69.5 Å². The molecule has 2 rings (SSSR count). The van der Waals surface area contributed by atoms with Crippen LogP contribution in [0, 0.1) is 13.8 Å². The summed E-state index contributed by atoms with van der Waals surface area (Å²) in [6.45, 7) is 5.05. The topological polar surface area (TPSA) is 78.4 Å². The third-order valence-corrected chi connectivity index (χ3v) is 6.05. The van der Waals surface area contributed by atoms with Crippen molar-refractivity contribution < 1.29 is 13.5 Å². The Labute approximate surface area is 137 Å². The van der Waals surface area contributed by atoms with E-state index >= 15 is 0 Å². The Bertz CT molecular complexity index is 638. The highest BCUT2D eigenvalue weighted by Gasteiger charge is 2.30. The van der Waals surface area contributed by atoms with Gasteiger partial charge in [-0.1, -0.05) is 11.6 Å². The molecule has 0 amide bonds. The van der Waals surface area contributed by atoms with Crippen molar-refractivity contribution in [2.24, 2.45) is 0 Å². The largest absolute Gasteiger partial charge is 0.388 e. The van der Waals surface area contributed by atoms with Gasteiger partial charge in [-0.15, -0.1) is 0 Å². The van der Waals surface area contributed by atoms with Crippen LogP contribution in [0.25, 0.3) is 0 Å². The Morgan fingerprint density at radius 3 is 2.73 bits per heavy atom. The molecular weight excluding hydrogens is 324 g/mol. The maximum absolute atomic E-state index is 12.5. The second-order valence-corrected chi connectivity index (χ2v) is 8.16. The van der Waals surface area contributed by atoms with Gasteiger partial charge in [-0.2, -0.15) is 0 Å². The van der Waals surface area contributed by atoms with E-state index in [0.717, 1.165) is 13.0 Å². The van der Waals surface area contributed by atoms with Crippen molar-refractivity contribution in [3.05, 3.63) is 28.3 Å². The summed E-state index contributed by atoms with van der Waals surface area (Å²) in [4.78, 5) is 0.213. The van der Waals surface area contributed by atoms with Crippen LogP contribution in [0.5, 0.6) is 0 Å². The quantitative estimate of drug-likeness (QED) is 0.776. The number of rotatable bonds is 4. The molecule has 7 heteroatoms. The van der Waals surface area contributed by atoms with Crippen LogP contribution in [0.15, 0.2) is 17.0 Å². The number of benzene rings is 1. The molecule has 1 aromatic carbocycles. The minimum absolute atomic E-state index is 0.0259. The lowest BCUT2D eigenvalue weighted by atomic mass is 9.95. The highest BCUT2D eigenvalue weighted by molar-refractivity contribution is 7.89. The van der Waals surface area contributed by atoms with Crippen LogP contribution in [0.3, 0.4) is 0 Å². The zero-order valence-corrected chi connectivity index (χ0v) is 14.5. The number of aryl methyl sites for hydroxylation is 2. The molecule has 1 heterocycles. The van der Waals surface area contributed by atoms with Gasteiger partial charge in [0.25, 0.3) is 0 Å². The van der Waals surface area contributed by atoms with E-state index in [-0.39, 0.29) is 11.4 Å². The lowest BCUT2D eigenvalue weighted by Crippen LogP contribution is -2.43. The summed E-state index contributed by atoms with van der Waals surface area (Å²) in [7, 11) is -3.67. The van der Waals surface area contributed by atoms with Crippen LogP contribution in [0.4, 0.5) is 0 Å². The summed E-state index contributed by atoms with van der Waals surface area (Å²) in [5.74, 6) is 0. The van der Waals surface area contributed by atoms with Crippen molar-refractivity contribution >= 4 is 21.6 Å². The van der Waals surface area contributed by atoms with E-state index in [2.05, 4.69) is 10.0 Å². The van der Waals surface area contributed by atoms with Gasteiger partial charge in [0.05, 0.1) is 10.5 Å². The van der Waals surface area contributed by atoms with Crippen LogP contribution in [-0.2, 0) is 10.0 Å². The molecule has 0 saturated carbocycles. The zero-order chi connectivity index (χ0) is 16.4. The molecule has 0 radical (unpaired) electrons. The van der Waals surface area contributed by atoms with Gasteiger partial charge in [0, 0.05) is 11.6 Å². The molecule has 1 fully saturated rings. The normalized spacial score (nSPS) is 23.3. The molecule has 0 spiro atoms. The molecule has 1 atom stereocenters. The third kappa shape index (κ3) is 4.20. The number of aliphatic hydroxyl groups is 1. The Kier molecular flexibility index (Phi) is 5.50. The van der Waals surface area contributed by atoms with Crippen LogP contribution < -0.4 is 10.0 Å². The van der Waals surface area contributed by atoms with E-state index in [9.17, 15) is 13.5 Å². The minimum atomic E-state index is -3.67. The SMILES string of the molecule is Cc1cc(S(=O)(=O)NC[C@@]2(O)CCCNCC2)c(C)cc1Cl. The molecule has 1 aliphatic rings. The molecule has 1 aromatic rings. The van der Waals surface area contributed by atoms with Crippen LogP contribution in [-0.4, -0.2) is 38.8 Å². The lowest BCUT2D eigenvalue weighted by molar-refractivity contribution is 0.0335. The van der Waals surface area contributed by atoms with Gasteiger partial charge in [-0.25, -0.2) is 13.1 Å². The van der Waals surface area contributed by atoms with Gasteiger partial charge in [0.15, 0.2) is 0 Å². The molecule has 5 nitrogen and oxygen atoms in total. The van der Waals surface area contributed by atoms with Crippen LogP contribution >= 0.6 is 11.6 Å². The van der Waals surface area contributed by atoms with E-state index < -0.39 is 15.6 Å². The van der Waals surface area contributed by atoms with Gasteiger partial charge in [0.2, 0.25) is 10.0 Å². The molecule has 0 aromatic heterocycles. The molecule has 22 heavy (non-hydrogen) atoms. The van der Waals surface area contributed by atoms with Crippen molar-refractivity contribution in [1.29, 1.82) is 0 Å². The molecule has 0 aliphatic carbocycles. The lowest BCUT2D eigenvalue weighted by Gasteiger charge is -2.26. The predicted molar refractivity (Wildman–Crippen MR) is 87.8 cm³/mol. The summed E-state index contributed by atoms with van der Waals surface area (Å²) in [5.41, 5.74) is 0.314. The first-order chi connectivity index (χ1) is 10.2. The smallest absolute Gasteiger partial charge is 0.240 e. The number of hydrogen-bond donors (Lipinski definition) is 3. The first-order valence-electron chi connectivity index (χ1n) is 7.43. The van der Waals surface area contributed by atoms with Gasteiger partial charge in [0.1, 0.15) is 0 Å². The number of sulfonamides is 1. The van der Waals surface area contributed by atoms with E-state index in [1.54, 1.807) is 26.0 Å². The summed E-state index contributed by atoms with van der Waals surface area (Å²) in [5, 5.41) is 14.3. The third-order valence-electron chi connectivity index (χ3n) is 4.10. The Morgan fingerprint density at radius 2 is 2.00 bits per heavy atom. The maximum Gasteiger partial charge on any atom is 0.240 e. The van der Waals surface area contributed by atoms with Gasteiger partial charge in [-0.3, -0.25) is 0 Å². The predicted octanol–water partition coefficient (Wildman–Crippen LogP) is 1.74. The summed E-state index contributed by atoms with van der Waals surface area (Å²) >= 11 is 6.01. The van der Waals surface area contributed by atoms with E-state index in [1.165, 1.54) is 0 Å². The standard InChI is InChI=1S/C15H23ClN2O3S/c1-11-9-14(12(2)8-13(11)16)22(20,21)18-10-15(19)4-3-6-17-7-5-15/h8-9,17-19H,3-7,10H2,1-2H3/t15-/m1/s1. The second-order valence-electron chi connectivity index (χ2n) is 6.02. The molecule has 1 aliphatic heterocycles. The van der Waals surface area contributed by atoms with Crippen molar-refractivity contribution in [2.45, 2.75) is 43.6 Å². The molecule has 0 unspecified atom stereocenters. The Morgan fingerprint density at radius 1 is 1.27 bits per heavy atom. The van der Waals surface area contributed by atoms with E-state index in [1.807, 2.05) is 0 Å². The fourth-order valence-corrected chi connectivity index (χ4v) is 4.29. The van der Waals surface area contributed by atoms with E-state index in [4.69, 9.17) is 11.6 Å². The monoisotopic (exact) mass is 346 g/mol. The van der Waals surface area contributed by atoms with Crippen molar-refractivity contribution in [1.82, 2.24) is 10.0 Å². The van der Waals surface area contributed by atoms with Crippen LogP contribution in [0.1, 0.15) is 30.4 Å². The van der Waals surface area contributed by atoms with Crippen LogP contribution in [0.2, 0.25) is 5.02 Å². The maximum atomic E-state index is 12.5. The first kappa shape index (κ1) is 17.7. The molecule has 3 N–H and O–H groups in total. The first-order valence-corrected chi connectivity index (χ1v) is 9.29. The van der Waals surface area contributed by atoms with Crippen molar-refractivity contribution in [3.8, 4) is 0 Å². The highest BCUT2D eigenvalue weighted by atomic mass is 35.5. The average molecular weight is 347 g/mol. The molecule has 0 bridgehead atoms. The number of halogens is 1. The summed E-state index contributed by atoms with van der Waals surface area (Å²) in [6, 6.07) is 3.22. The Hall–Kier alpha value is -0.660. The average Bonchev–Trinajstić information content (AvgIpc) is 2.66. The number of hydrogen-bond acceptors (Lipinski definition) is 4. The fourth-order valence-electron chi connectivity index (χ4n) is 2.64. The van der Waals surface area contributed by atoms with Crippen molar-refractivity contribution in [2.75, 3.05) is 19.6 Å². The fraction of sp³-hybridized carbons (Fsp3) is 0.600. The second kappa shape index (κ2) is 6.84. The molecule has 124 valence electrons. The Balaban J connectivity index is 2.16. The van der Waals surface area contributed by atoms with Gasteiger partial charge < -0.3 is 10.4 Å². The molecular formula is C15H23ClN2O3S. The highest BCUT2D eigenvalue weighted by Crippen LogP contribution is 2.25. The summed E-state index contributed by atoms with van der Waals surface area (Å²) < 4.78 is 27.6. The zero-order valence-electron chi connectivity index (χ0n) is 12.9. The minimum Gasteiger partial charge on any atom is -0.388 e. The van der Waals surface area contributed by atoms with Crippen molar-refractivity contribution in [3.63, 3.8) is 0 Å². The van der Waals surface area contributed by atoms with E-state index in [0.29, 0.717) is 35.5 Å².